The Bertz CT molecular complexity index is 504. The second-order valence-electron chi connectivity index (χ2n) is 5.04. The van der Waals surface area contributed by atoms with E-state index in [1.54, 1.807) is 0 Å². The summed E-state index contributed by atoms with van der Waals surface area (Å²) in [6.45, 7) is 5.29. The Morgan fingerprint density at radius 3 is 2.75 bits per heavy atom. The molecule has 0 aliphatic carbocycles. The Balaban J connectivity index is 2.10. The van der Waals surface area contributed by atoms with Gasteiger partial charge in [-0.3, -0.25) is 4.79 Å². The molecule has 2 N–H and O–H groups in total. The first-order valence-electron chi connectivity index (χ1n) is 6.53. The van der Waals surface area contributed by atoms with Crippen molar-refractivity contribution in [3.05, 3.63) is 22.2 Å². The summed E-state index contributed by atoms with van der Waals surface area (Å²) in [4.78, 5) is 11.1. The minimum absolute atomic E-state index is 0.0214. The number of hydrogen-bond donors (Lipinski definition) is 2. The summed E-state index contributed by atoms with van der Waals surface area (Å²) in [6, 6.07) is 3.23. The van der Waals surface area contributed by atoms with Crippen LogP contribution in [0.1, 0.15) is 19.4 Å². The zero-order chi connectivity index (χ0) is 14.7. The predicted octanol–water partition coefficient (Wildman–Crippen LogP) is 2.42. The van der Waals surface area contributed by atoms with Crippen LogP contribution in [0.4, 0.5) is 0 Å². The molecule has 0 radical (unpaired) electrons. The van der Waals surface area contributed by atoms with Crippen molar-refractivity contribution < 1.29 is 19.4 Å². The van der Waals surface area contributed by atoms with E-state index in [1.165, 1.54) is 0 Å². The lowest BCUT2D eigenvalue weighted by Gasteiger charge is -2.22. The van der Waals surface area contributed by atoms with Crippen molar-refractivity contribution in [1.82, 2.24) is 5.32 Å². The van der Waals surface area contributed by atoms with Crippen molar-refractivity contribution >= 4 is 21.9 Å². The van der Waals surface area contributed by atoms with E-state index in [2.05, 4.69) is 21.2 Å². The van der Waals surface area contributed by atoms with Crippen molar-refractivity contribution in [2.45, 2.75) is 26.4 Å². The molecule has 0 amide bonds. The molecule has 0 aromatic heterocycles. The number of carbonyl (C=O) groups is 1. The number of carboxylic acid groups (broad SMARTS) is 1. The van der Waals surface area contributed by atoms with Crippen LogP contribution in [-0.4, -0.2) is 30.3 Å². The molecule has 0 bridgehead atoms. The SMILES string of the molecule is CC(C)C(NCc1cc(Br)c2c(c1)OCCO2)C(=O)O. The molecule has 1 aliphatic rings. The van der Waals surface area contributed by atoms with Crippen LogP contribution in [0, 0.1) is 5.92 Å². The van der Waals surface area contributed by atoms with E-state index in [0.717, 1.165) is 10.0 Å². The van der Waals surface area contributed by atoms with Crippen molar-refractivity contribution in [3.8, 4) is 11.5 Å². The second kappa shape index (κ2) is 6.45. The van der Waals surface area contributed by atoms with E-state index >= 15 is 0 Å². The minimum Gasteiger partial charge on any atom is -0.486 e. The van der Waals surface area contributed by atoms with Gasteiger partial charge in [-0.25, -0.2) is 0 Å². The van der Waals surface area contributed by atoms with Crippen molar-refractivity contribution in [2.75, 3.05) is 13.2 Å². The third-order valence-electron chi connectivity index (χ3n) is 3.12. The molecular weight excluding hydrogens is 326 g/mol. The van der Waals surface area contributed by atoms with E-state index in [1.807, 2.05) is 26.0 Å². The Morgan fingerprint density at radius 2 is 2.10 bits per heavy atom. The number of ether oxygens (including phenoxy) is 2. The zero-order valence-electron chi connectivity index (χ0n) is 11.5. The first-order valence-corrected chi connectivity index (χ1v) is 7.32. The molecule has 2 rings (SSSR count). The molecule has 110 valence electrons. The number of carboxylic acids is 1. The van der Waals surface area contributed by atoms with E-state index in [-0.39, 0.29) is 5.92 Å². The lowest BCUT2D eigenvalue weighted by molar-refractivity contribution is -0.140. The molecule has 1 heterocycles. The molecule has 1 aromatic carbocycles. The van der Waals surface area contributed by atoms with Gasteiger partial charge < -0.3 is 19.9 Å². The van der Waals surface area contributed by atoms with Crippen LogP contribution < -0.4 is 14.8 Å². The summed E-state index contributed by atoms with van der Waals surface area (Å²) in [5, 5.41) is 12.2. The maximum atomic E-state index is 11.1. The molecule has 6 heteroatoms. The highest BCUT2D eigenvalue weighted by Gasteiger charge is 2.21. The maximum Gasteiger partial charge on any atom is 0.320 e. The largest absolute Gasteiger partial charge is 0.486 e. The van der Waals surface area contributed by atoms with Crippen LogP contribution in [0.5, 0.6) is 11.5 Å². The average Bonchev–Trinajstić information content (AvgIpc) is 2.38. The van der Waals surface area contributed by atoms with Crippen LogP contribution in [-0.2, 0) is 11.3 Å². The van der Waals surface area contributed by atoms with E-state index in [4.69, 9.17) is 14.6 Å². The summed E-state index contributed by atoms with van der Waals surface area (Å²) >= 11 is 3.45. The van der Waals surface area contributed by atoms with Gasteiger partial charge >= 0.3 is 5.97 Å². The minimum atomic E-state index is -0.836. The fraction of sp³-hybridized carbons (Fsp3) is 0.500. The third kappa shape index (κ3) is 3.43. The van der Waals surface area contributed by atoms with Crippen molar-refractivity contribution in [2.24, 2.45) is 5.92 Å². The Labute approximate surface area is 126 Å². The number of hydrogen-bond acceptors (Lipinski definition) is 4. The van der Waals surface area contributed by atoms with Gasteiger partial charge in [0.1, 0.15) is 19.3 Å². The van der Waals surface area contributed by atoms with Crippen molar-refractivity contribution in [1.29, 1.82) is 0 Å². The van der Waals surface area contributed by atoms with Gasteiger partial charge in [0.15, 0.2) is 11.5 Å². The number of aliphatic carboxylic acids is 1. The van der Waals surface area contributed by atoms with Crippen LogP contribution in [0.25, 0.3) is 0 Å². The molecule has 0 spiro atoms. The number of halogens is 1. The van der Waals surface area contributed by atoms with Gasteiger partial charge in [0.25, 0.3) is 0 Å². The molecule has 0 fully saturated rings. The highest BCUT2D eigenvalue weighted by atomic mass is 79.9. The van der Waals surface area contributed by atoms with Gasteiger partial charge in [0, 0.05) is 6.54 Å². The van der Waals surface area contributed by atoms with Crippen LogP contribution in [0.15, 0.2) is 16.6 Å². The maximum absolute atomic E-state index is 11.1. The number of nitrogens with one attached hydrogen (secondary N) is 1. The highest BCUT2D eigenvalue weighted by molar-refractivity contribution is 9.10. The van der Waals surface area contributed by atoms with E-state index < -0.39 is 12.0 Å². The lowest BCUT2D eigenvalue weighted by atomic mass is 10.0. The smallest absolute Gasteiger partial charge is 0.320 e. The van der Waals surface area contributed by atoms with Crippen molar-refractivity contribution in [3.63, 3.8) is 0 Å². The van der Waals surface area contributed by atoms with Crippen LogP contribution in [0.2, 0.25) is 0 Å². The first kappa shape index (κ1) is 15.1. The molecule has 0 saturated carbocycles. The van der Waals surface area contributed by atoms with Gasteiger partial charge in [-0.05, 0) is 39.5 Å². The molecule has 1 unspecified atom stereocenters. The summed E-state index contributed by atoms with van der Waals surface area (Å²) < 4.78 is 11.9. The normalized spacial score (nSPS) is 15.2. The fourth-order valence-corrected chi connectivity index (χ4v) is 2.71. The molecule has 1 atom stereocenters. The van der Waals surface area contributed by atoms with E-state index in [9.17, 15) is 4.79 Å². The molecule has 20 heavy (non-hydrogen) atoms. The molecule has 0 saturated heterocycles. The quantitative estimate of drug-likeness (QED) is 0.859. The van der Waals surface area contributed by atoms with E-state index in [0.29, 0.717) is 31.3 Å². The second-order valence-corrected chi connectivity index (χ2v) is 5.90. The summed E-state index contributed by atoms with van der Waals surface area (Å²) in [6.07, 6.45) is 0. The summed E-state index contributed by atoms with van der Waals surface area (Å²) in [7, 11) is 0. The Morgan fingerprint density at radius 1 is 1.40 bits per heavy atom. The fourth-order valence-electron chi connectivity index (χ4n) is 2.10. The van der Waals surface area contributed by atoms with Gasteiger partial charge in [0.05, 0.1) is 4.47 Å². The highest BCUT2D eigenvalue weighted by Crippen LogP contribution is 2.38. The molecule has 1 aromatic rings. The number of rotatable bonds is 5. The summed E-state index contributed by atoms with van der Waals surface area (Å²) in [5.41, 5.74) is 0.952. The van der Waals surface area contributed by atoms with Crippen LogP contribution >= 0.6 is 15.9 Å². The summed E-state index contributed by atoms with van der Waals surface area (Å²) in [5.74, 6) is 0.585. The molecular formula is C14H18BrNO4. The molecule has 1 aliphatic heterocycles. The van der Waals surface area contributed by atoms with Gasteiger partial charge in [-0.2, -0.15) is 0 Å². The van der Waals surface area contributed by atoms with Gasteiger partial charge in [0.2, 0.25) is 0 Å². The Kier molecular flexibility index (Phi) is 4.88. The lowest BCUT2D eigenvalue weighted by Crippen LogP contribution is -2.40. The van der Waals surface area contributed by atoms with Crippen LogP contribution in [0.3, 0.4) is 0 Å². The predicted molar refractivity (Wildman–Crippen MR) is 78.2 cm³/mol. The standard InChI is InChI=1S/C14H18BrNO4/c1-8(2)12(14(17)18)16-7-9-5-10(15)13-11(6-9)19-3-4-20-13/h5-6,8,12,16H,3-4,7H2,1-2H3,(H,17,18). The Hall–Kier alpha value is -1.27. The number of fused-ring (bicyclic) bond motifs is 1. The first-order chi connectivity index (χ1) is 9.49. The van der Waals surface area contributed by atoms with Gasteiger partial charge in [-0.15, -0.1) is 0 Å². The zero-order valence-corrected chi connectivity index (χ0v) is 13.1. The third-order valence-corrected chi connectivity index (χ3v) is 3.70. The topological polar surface area (TPSA) is 67.8 Å². The molecule has 5 nitrogen and oxygen atoms in total. The van der Waals surface area contributed by atoms with Gasteiger partial charge in [-0.1, -0.05) is 13.8 Å². The average molecular weight is 344 g/mol. The number of benzene rings is 1. The monoisotopic (exact) mass is 343 g/mol.